The van der Waals surface area contributed by atoms with Crippen molar-refractivity contribution in [3.8, 4) is 0 Å². The minimum Gasteiger partial charge on any atom is -0.478 e. The fourth-order valence-corrected chi connectivity index (χ4v) is 2.90. The van der Waals surface area contributed by atoms with Gasteiger partial charge in [0.2, 0.25) is 10.0 Å². The van der Waals surface area contributed by atoms with Crippen LogP contribution in [0, 0.1) is 5.92 Å². The van der Waals surface area contributed by atoms with E-state index in [9.17, 15) is 18.3 Å². The van der Waals surface area contributed by atoms with Crippen molar-refractivity contribution in [3.63, 3.8) is 0 Å². The van der Waals surface area contributed by atoms with E-state index in [1.54, 1.807) is 0 Å². The molecule has 0 amide bonds. The van der Waals surface area contributed by atoms with Gasteiger partial charge in [0.1, 0.15) is 0 Å². The van der Waals surface area contributed by atoms with E-state index < -0.39 is 16.0 Å². The summed E-state index contributed by atoms with van der Waals surface area (Å²) in [6.45, 7) is 6.14. The molecule has 0 fully saturated rings. The molecule has 0 aliphatic heterocycles. The minimum atomic E-state index is -3.92. The van der Waals surface area contributed by atoms with Gasteiger partial charge >= 0.3 is 5.97 Å². The second-order valence-corrected chi connectivity index (χ2v) is 6.63. The Morgan fingerprint density at radius 2 is 1.90 bits per heavy atom. The average molecular weight is 314 g/mol. The number of benzene rings is 1. The van der Waals surface area contributed by atoms with Crippen molar-refractivity contribution in [1.82, 2.24) is 0 Å². The molecule has 0 spiro atoms. The standard InChI is InChI=1S/C14H22N2O4S/c1-4-10(5-2)9(3)16-13-7-6-11(21(15,19)20)8-12(13)14(17)18/h6-10,16H,4-5H2,1-3H3,(H,17,18)(H2,15,19,20). The summed E-state index contributed by atoms with van der Waals surface area (Å²) in [7, 11) is -3.92. The van der Waals surface area contributed by atoms with Gasteiger partial charge in [-0.2, -0.15) is 0 Å². The maximum Gasteiger partial charge on any atom is 0.337 e. The zero-order chi connectivity index (χ0) is 16.2. The van der Waals surface area contributed by atoms with E-state index in [-0.39, 0.29) is 16.5 Å². The van der Waals surface area contributed by atoms with Crippen LogP contribution in [0.15, 0.2) is 23.1 Å². The van der Waals surface area contributed by atoms with Crippen LogP contribution in [0.3, 0.4) is 0 Å². The molecule has 0 bridgehead atoms. The maximum absolute atomic E-state index is 11.3. The first kappa shape index (κ1) is 17.5. The lowest BCUT2D eigenvalue weighted by Gasteiger charge is -2.24. The topological polar surface area (TPSA) is 109 Å². The SMILES string of the molecule is CCC(CC)C(C)Nc1ccc(S(N)(=O)=O)cc1C(=O)O. The second kappa shape index (κ2) is 6.91. The van der Waals surface area contributed by atoms with Gasteiger partial charge in [-0.25, -0.2) is 18.4 Å². The molecule has 1 atom stereocenters. The van der Waals surface area contributed by atoms with Gasteiger partial charge in [0.15, 0.2) is 0 Å². The van der Waals surface area contributed by atoms with Gasteiger partial charge in [-0.3, -0.25) is 0 Å². The summed E-state index contributed by atoms with van der Waals surface area (Å²) in [5.41, 5.74) is 0.300. The number of carboxylic acids is 1. The quantitative estimate of drug-likeness (QED) is 0.715. The summed E-state index contributed by atoms with van der Waals surface area (Å²) in [5.74, 6) is -0.788. The molecule has 118 valence electrons. The number of anilines is 1. The predicted octanol–water partition coefficient (Wildman–Crippen LogP) is 2.27. The van der Waals surface area contributed by atoms with Gasteiger partial charge in [-0.15, -0.1) is 0 Å². The molecule has 0 saturated carbocycles. The normalized spacial score (nSPS) is 13.2. The van der Waals surface area contributed by atoms with Crippen molar-refractivity contribution < 1.29 is 18.3 Å². The molecule has 1 rings (SSSR count). The van der Waals surface area contributed by atoms with Crippen LogP contribution in [-0.2, 0) is 10.0 Å². The first-order chi connectivity index (χ1) is 9.70. The molecule has 0 aromatic heterocycles. The highest BCUT2D eigenvalue weighted by Crippen LogP contribution is 2.24. The molecule has 1 aromatic rings. The summed E-state index contributed by atoms with van der Waals surface area (Å²) < 4.78 is 22.6. The average Bonchev–Trinajstić information content (AvgIpc) is 2.38. The Hall–Kier alpha value is -1.60. The number of nitrogens with one attached hydrogen (secondary N) is 1. The molecule has 0 radical (unpaired) electrons. The second-order valence-electron chi connectivity index (χ2n) is 5.07. The molecule has 0 aliphatic rings. The van der Waals surface area contributed by atoms with Crippen molar-refractivity contribution in [2.75, 3.05) is 5.32 Å². The lowest BCUT2D eigenvalue weighted by atomic mass is 9.95. The Balaban J connectivity index is 3.16. The highest BCUT2D eigenvalue weighted by atomic mass is 32.2. The van der Waals surface area contributed by atoms with E-state index >= 15 is 0 Å². The molecule has 6 nitrogen and oxygen atoms in total. The van der Waals surface area contributed by atoms with Crippen LogP contribution in [0.2, 0.25) is 0 Å². The largest absolute Gasteiger partial charge is 0.478 e. The van der Waals surface area contributed by atoms with Gasteiger partial charge in [-0.1, -0.05) is 26.7 Å². The van der Waals surface area contributed by atoms with Gasteiger partial charge in [0.05, 0.1) is 10.5 Å². The number of sulfonamides is 1. The number of primary sulfonamides is 1. The summed E-state index contributed by atoms with van der Waals surface area (Å²) in [5, 5.41) is 17.4. The first-order valence-corrected chi connectivity index (χ1v) is 8.42. The number of carbonyl (C=O) groups is 1. The van der Waals surface area contributed by atoms with Gasteiger partial charge in [-0.05, 0) is 31.0 Å². The van der Waals surface area contributed by atoms with Crippen LogP contribution in [0.25, 0.3) is 0 Å². The number of hydrogen-bond acceptors (Lipinski definition) is 4. The third-order valence-corrected chi connectivity index (χ3v) is 4.60. The van der Waals surface area contributed by atoms with E-state index in [4.69, 9.17) is 5.14 Å². The van der Waals surface area contributed by atoms with Crippen LogP contribution in [-0.4, -0.2) is 25.5 Å². The molecule has 0 aliphatic carbocycles. The van der Waals surface area contributed by atoms with E-state index in [0.717, 1.165) is 18.9 Å². The van der Waals surface area contributed by atoms with Crippen molar-refractivity contribution in [2.24, 2.45) is 11.1 Å². The molecule has 7 heteroatoms. The smallest absolute Gasteiger partial charge is 0.337 e. The van der Waals surface area contributed by atoms with Crippen molar-refractivity contribution >= 4 is 21.7 Å². The Morgan fingerprint density at radius 3 is 2.33 bits per heavy atom. The van der Waals surface area contributed by atoms with Crippen molar-refractivity contribution in [1.29, 1.82) is 0 Å². The highest BCUT2D eigenvalue weighted by Gasteiger charge is 2.19. The summed E-state index contributed by atoms with van der Waals surface area (Å²) >= 11 is 0. The monoisotopic (exact) mass is 314 g/mol. The van der Waals surface area contributed by atoms with Crippen LogP contribution in [0.4, 0.5) is 5.69 Å². The zero-order valence-electron chi connectivity index (χ0n) is 12.5. The number of carboxylic acid groups (broad SMARTS) is 1. The van der Waals surface area contributed by atoms with Crippen LogP contribution < -0.4 is 10.5 Å². The zero-order valence-corrected chi connectivity index (χ0v) is 13.3. The van der Waals surface area contributed by atoms with E-state index in [1.807, 2.05) is 6.92 Å². The van der Waals surface area contributed by atoms with Crippen molar-refractivity contribution in [3.05, 3.63) is 23.8 Å². The summed E-state index contributed by atoms with van der Waals surface area (Å²) in [4.78, 5) is 11.1. The third-order valence-electron chi connectivity index (χ3n) is 3.69. The number of hydrogen-bond donors (Lipinski definition) is 3. The fourth-order valence-electron chi connectivity index (χ4n) is 2.36. The van der Waals surface area contributed by atoms with Gasteiger partial charge in [0, 0.05) is 11.7 Å². The van der Waals surface area contributed by atoms with Gasteiger partial charge in [0.25, 0.3) is 0 Å². The number of aromatic carboxylic acids is 1. The molecule has 4 N–H and O–H groups in total. The lowest BCUT2D eigenvalue weighted by Crippen LogP contribution is -2.26. The third kappa shape index (κ3) is 4.44. The summed E-state index contributed by atoms with van der Waals surface area (Å²) in [6.07, 6.45) is 1.95. The van der Waals surface area contributed by atoms with Crippen LogP contribution >= 0.6 is 0 Å². The van der Waals surface area contributed by atoms with E-state index in [1.165, 1.54) is 12.1 Å². The van der Waals surface area contributed by atoms with Gasteiger partial charge < -0.3 is 10.4 Å². The van der Waals surface area contributed by atoms with Crippen molar-refractivity contribution in [2.45, 2.75) is 44.6 Å². The number of nitrogens with two attached hydrogens (primary N) is 1. The molecule has 21 heavy (non-hydrogen) atoms. The maximum atomic E-state index is 11.3. The van der Waals surface area contributed by atoms with Crippen LogP contribution in [0.1, 0.15) is 44.0 Å². The molecule has 1 unspecified atom stereocenters. The van der Waals surface area contributed by atoms with E-state index in [2.05, 4.69) is 19.2 Å². The molecular formula is C14H22N2O4S. The van der Waals surface area contributed by atoms with E-state index in [0.29, 0.717) is 11.6 Å². The van der Waals surface area contributed by atoms with Crippen LogP contribution in [0.5, 0.6) is 0 Å². The Labute approximate surface area is 125 Å². The molecule has 0 heterocycles. The Bertz CT molecular complexity index is 609. The molecular weight excluding hydrogens is 292 g/mol. The lowest BCUT2D eigenvalue weighted by molar-refractivity contribution is 0.0697. The number of rotatable bonds is 7. The molecule has 1 aromatic carbocycles. The summed E-state index contributed by atoms with van der Waals surface area (Å²) in [6, 6.07) is 3.92. The minimum absolute atomic E-state index is 0.0819. The first-order valence-electron chi connectivity index (χ1n) is 6.87. The molecule has 0 saturated heterocycles. The predicted molar refractivity (Wildman–Crippen MR) is 81.9 cm³/mol. The highest BCUT2D eigenvalue weighted by molar-refractivity contribution is 7.89. The fraction of sp³-hybridized carbons (Fsp3) is 0.500. The Kier molecular flexibility index (Phi) is 5.74. The Morgan fingerprint density at radius 1 is 1.33 bits per heavy atom.